The third kappa shape index (κ3) is 3.07. The lowest BCUT2D eigenvalue weighted by Crippen LogP contribution is -2.46. The highest BCUT2D eigenvalue weighted by molar-refractivity contribution is 7.09. The summed E-state index contributed by atoms with van der Waals surface area (Å²) in [5, 5.41) is 4.45. The van der Waals surface area contributed by atoms with Crippen molar-refractivity contribution in [2.75, 3.05) is 31.1 Å². The van der Waals surface area contributed by atoms with Gasteiger partial charge in [-0.25, -0.2) is 15.0 Å². The second-order valence-electron chi connectivity index (χ2n) is 6.82. The standard InChI is InChI=1S/C20H21N5OS/c1-2-17-23-14(12-27-17)11-24-7-9-25(10-8-24)20-19-18(21-13-22-20)15-5-3-4-6-16(15)26-19/h3-6,12-13H,2,7-11H2,1H3. The zero-order valence-corrected chi connectivity index (χ0v) is 16.1. The van der Waals surface area contributed by atoms with Gasteiger partial charge in [-0.2, -0.15) is 0 Å². The second kappa shape index (κ2) is 6.90. The first kappa shape index (κ1) is 16.6. The van der Waals surface area contributed by atoms with Crippen LogP contribution in [-0.2, 0) is 13.0 Å². The highest BCUT2D eigenvalue weighted by Gasteiger charge is 2.23. The molecule has 0 N–H and O–H groups in total. The lowest BCUT2D eigenvalue weighted by atomic mass is 10.2. The van der Waals surface area contributed by atoms with Crippen LogP contribution in [-0.4, -0.2) is 46.0 Å². The summed E-state index contributed by atoms with van der Waals surface area (Å²) >= 11 is 1.76. The number of hydrogen-bond acceptors (Lipinski definition) is 7. The van der Waals surface area contributed by atoms with Gasteiger partial charge in [0.15, 0.2) is 11.4 Å². The number of piperazine rings is 1. The van der Waals surface area contributed by atoms with Crippen LogP contribution >= 0.6 is 11.3 Å². The van der Waals surface area contributed by atoms with Gasteiger partial charge in [-0.1, -0.05) is 19.1 Å². The quantitative estimate of drug-likeness (QED) is 0.539. The molecule has 6 nitrogen and oxygen atoms in total. The molecule has 0 aliphatic carbocycles. The molecule has 5 rings (SSSR count). The molecule has 0 unspecified atom stereocenters. The summed E-state index contributed by atoms with van der Waals surface area (Å²) in [6.45, 7) is 6.91. The van der Waals surface area contributed by atoms with Crippen molar-refractivity contribution in [3.63, 3.8) is 0 Å². The summed E-state index contributed by atoms with van der Waals surface area (Å²) in [4.78, 5) is 18.5. The van der Waals surface area contributed by atoms with Gasteiger partial charge in [0.05, 0.1) is 10.7 Å². The number of nitrogens with zero attached hydrogens (tertiary/aromatic N) is 5. The summed E-state index contributed by atoms with van der Waals surface area (Å²) in [5.41, 5.74) is 3.74. The van der Waals surface area contributed by atoms with Crippen molar-refractivity contribution in [3.05, 3.63) is 46.7 Å². The summed E-state index contributed by atoms with van der Waals surface area (Å²) in [7, 11) is 0. The van der Waals surface area contributed by atoms with Crippen molar-refractivity contribution in [1.29, 1.82) is 0 Å². The predicted molar refractivity (Wildman–Crippen MR) is 108 cm³/mol. The van der Waals surface area contributed by atoms with Crippen LogP contribution in [0.4, 0.5) is 5.82 Å². The van der Waals surface area contributed by atoms with Crippen LogP contribution in [0.3, 0.4) is 0 Å². The molecule has 0 spiro atoms. The topological polar surface area (TPSA) is 58.3 Å². The SMILES string of the molecule is CCc1nc(CN2CCN(c3ncnc4c3oc3ccccc34)CC2)cs1. The van der Waals surface area contributed by atoms with E-state index in [-0.39, 0.29) is 0 Å². The molecule has 0 amide bonds. The largest absolute Gasteiger partial charge is 0.450 e. The number of hydrogen-bond donors (Lipinski definition) is 0. The maximum atomic E-state index is 6.09. The van der Waals surface area contributed by atoms with Gasteiger partial charge in [-0.3, -0.25) is 4.90 Å². The first-order valence-corrected chi connectivity index (χ1v) is 10.2. The number of aryl methyl sites for hydroxylation is 1. The van der Waals surface area contributed by atoms with Crippen LogP contribution in [0.15, 0.2) is 40.4 Å². The monoisotopic (exact) mass is 379 g/mol. The van der Waals surface area contributed by atoms with E-state index in [2.05, 4.69) is 32.1 Å². The minimum atomic E-state index is 0.791. The van der Waals surface area contributed by atoms with E-state index < -0.39 is 0 Å². The summed E-state index contributed by atoms with van der Waals surface area (Å²) < 4.78 is 6.09. The lowest BCUT2D eigenvalue weighted by Gasteiger charge is -2.34. The number of anilines is 1. The van der Waals surface area contributed by atoms with E-state index in [1.165, 1.54) is 10.7 Å². The minimum absolute atomic E-state index is 0.791. The molecule has 1 aliphatic heterocycles. The smallest absolute Gasteiger partial charge is 0.196 e. The van der Waals surface area contributed by atoms with Gasteiger partial charge in [0, 0.05) is 43.5 Å². The molecule has 0 saturated carbocycles. The first-order valence-electron chi connectivity index (χ1n) is 9.34. The van der Waals surface area contributed by atoms with E-state index in [1.54, 1.807) is 17.7 Å². The van der Waals surface area contributed by atoms with Crippen LogP contribution < -0.4 is 4.90 Å². The fourth-order valence-corrected chi connectivity index (χ4v) is 4.40. The molecule has 138 valence electrons. The van der Waals surface area contributed by atoms with Crippen LogP contribution in [0.25, 0.3) is 22.1 Å². The number of rotatable bonds is 4. The van der Waals surface area contributed by atoms with Crippen molar-refractivity contribution >= 4 is 39.2 Å². The third-order valence-corrected chi connectivity index (χ3v) is 6.14. The fourth-order valence-electron chi connectivity index (χ4n) is 3.67. The summed E-state index contributed by atoms with van der Waals surface area (Å²) in [6, 6.07) is 8.03. The van der Waals surface area contributed by atoms with E-state index in [1.807, 2.05) is 24.3 Å². The Labute approximate surface area is 161 Å². The van der Waals surface area contributed by atoms with E-state index in [0.29, 0.717) is 0 Å². The predicted octanol–water partition coefficient (Wildman–Crippen LogP) is 3.72. The Morgan fingerprint density at radius 2 is 1.96 bits per heavy atom. The normalized spacial score (nSPS) is 15.8. The zero-order chi connectivity index (χ0) is 18.2. The zero-order valence-electron chi connectivity index (χ0n) is 15.3. The number of furan rings is 1. The van der Waals surface area contributed by atoms with Gasteiger partial charge < -0.3 is 9.32 Å². The molecular weight excluding hydrogens is 358 g/mol. The van der Waals surface area contributed by atoms with Gasteiger partial charge in [-0.05, 0) is 18.6 Å². The molecular formula is C20H21N5OS. The molecule has 1 aromatic carbocycles. The Bertz CT molecular complexity index is 1080. The van der Waals surface area contributed by atoms with Gasteiger partial charge in [0.1, 0.15) is 17.4 Å². The number of aromatic nitrogens is 3. The molecule has 27 heavy (non-hydrogen) atoms. The summed E-state index contributed by atoms with van der Waals surface area (Å²) in [6.07, 6.45) is 2.66. The van der Waals surface area contributed by atoms with Crippen LogP contribution in [0.5, 0.6) is 0 Å². The Morgan fingerprint density at radius 3 is 2.78 bits per heavy atom. The molecule has 4 aromatic rings. The molecule has 4 heterocycles. The van der Waals surface area contributed by atoms with Gasteiger partial charge >= 0.3 is 0 Å². The highest BCUT2D eigenvalue weighted by atomic mass is 32.1. The number of benzene rings is 1. The Hall–Kier alpha value is -2.51. The number of fused-ring (bicyclic) bond motifs is 3. The lowest BCUT2D eigenvalue weighted by molar-refractivity contribution is 0.247. The minimum Gasteiger partial charge on any atom is -0.450 e. The van der Waals surface area contributed by atoms with Crippen molar-refractivity contribution in [2.45, 2.75) is 19.9 Å². The van der Waals surface area contributed by atoms with Crippen LogP contribution in [0.1, 0.15) is 17.6 Å². The van der Waals surface area contributed by atoms with Gasteiger partial charge in [0.2, 0.25) is 0 Å². The van der Waals surface area contributed by atoms with Crippen LogP contribution in [0, 0.1) is 0 Å². The van der Waals surface area contributed by atoms with Crippen molar-refractivity contribution in [2.24, 2.45) is 0 Å². The van der Waals surface area contributed by atoms with Gasteiger partial charge in [0.25, 0.3) is 0 Å². The van der Waals surface area contributed by atoms with E-state index in [9.17, 15) is 0 Å². The fraction of sp³-hybridized carbons (Fsp3) is 0.350. The molecule has 0 radical (unpaired) electrons. The van der Waals surface area contributed by atoms with Crippen molar-refractivity contribution < 1.29 is 4.42 Å². The highest BCUT2D eigenvalue weighted by Crippen LogP contribution is 2.32. The molecule has 0 bridgehead atoms. The van der Waals surface area contributed by atoms with E-state index in [4.69, 9.17) is 9.40 Å². The molecule has 3 aromatic heterocycles. The van der Waals surface area contributed by atoms with Crippen molar-refractivity contribution in [1.82, 2.24) is 19.9 Å². The maximum absolute atomic E-state index is 6.09. The number of thiazole rings is 1. The molecule has 0 atom stereocenters. The van der Waals surface area contributed by atoms with E-state index in [0.717, 1.165) is 67.0 Å². The Balaban J connectivity index is 1.35. The van der Waals surface area contributed by atoms with Crippen LogP contribution in [0.2, 0.25) is 0 Å². The van der Waals surface area contributed by atoms with Gasteiger partial charge in [-0.15, -0.1) is 11.3 Å². The molecule has 1 saturated heterocycles. The summed E-state index contributed by atoms with van der Waals surface area (Å²) in [5.74, 6) is 0.901. The second-order valence-corrected chi connectivity index (χ2v) is 7.77. The third-order valence-electron chi connectivity index (χ3n) is 5.10. The molecule has 7 heteroatoms. The molecule has 1 fully saturated rings. The Morgan fingerprint density at radius 1 is 1.11 bits per heavy atom. The Kier molecular flexibility index (Phi) is 4.26. The van der Waals surface area contributed by atoms with E-state index >= 15 is 0 Å². The average molecular weight is 379 g/mol. The number of para-hydroxylation sites is 1. The first-order chi connectivity index (χ1) is 13.3. The van der Waals surface area contributed by atoms with Crippen molar-refractivity contribution in [3.8, 4) is 0 Å². The average Bonchev–Trinajstić information content (AvgIpc) is 3.32. The molecule has 1 aliphatic rings. The maximum Gasteiger partial charge on any atom is 0.196 e.